The molecule has 0 radical (unpaired) electrons. The fraction of sp³-hybridized carbons (Fsp3) is 0.923. The molecule has 0 bridgehead atoms. The molecule has 1 aliphatic heterocycles. The van der Waals surface area contributed by atoms with E-state index in [0.717, 1.165) is 0 Å². The lowest BCUT2D eigenvalue weighted by atomic mass is 9.88. The van der Waals surface area contributed by atoms with Crippen molar-refractivity contribution in [3.8, 4) is 0 Å². The van der Waals surface area contributed by atoms with Gasteiger partial charge in [-0.1, -0.05) is 19.3 Å². The number of carbonyl (C=O) groups excluding carboxylic acids is 1. The molecule has 1 heterocycles. The summed E-state index contributed by atoms with van der Waals surface area (Å²) >= 11 is 0. The van der Waals surface area contributed by atoms with Gasteiger partial charge in [0.2, 0.25) is 0 Å². The minimum absolute atomic E-state index is 0.112. The van der Waals surface area contributed by atoms with Crippen molar-refractivity contribution >= 4 is 5.97 Å². The second kappa shape index (κ2) is 5.83. The van der Waals surface area contributed by atoms with Gasteiger partial charge in [-0.2, -0.15) is 0 Å². The maximum Gasteiger partial charge on any atom is 0.307 e. The van der Waals surface area contributed by atoms with E-state index in [1.54, 1.807) is 0 Å². The highest BCUT2D eigenvalue weighted by Gasteiger charge is 2.42. The monoisotopic (exact) mass is 241 g/mol. The van der Waals surface area contributed by atoms with E-state index in [0.29, 0.717) is 32.3 Å². The highest BCUT2D eigenvalue weighted by Crippen LogP contribution is 2.26. The molecule has 98 valence electrons. The lowest BCUT2D eigenvalue weighted by molar-refractivity contribution is -0.153. The van der Waals surface area contributed by atoms with Crippen LogP contribution in [0.3, 0.4) is 0 Å². The highest BCUT2D eigenvalue weighted by molar-refractivity contribution is 5.71. The van der Waals surface area contributed by atoms with Gasteiger partial charge in [-0.15, -0.1) is 0 Å². The highest BCUT2D eigenvalue weighted by atomic mass is 16.5. The van der Waals surface area contributed by atoms with Gasteiger partial charge in [0.15, 0.2) is 0 Å². The largest absolute Gasteiger partial charge is 0.466 e. The zero-order valence-electron chi connectivity index (χ0n) is 10.7. The maximum atomic E-state index is 11.6. The van der Waals surface area contributed by atoms with Gasteiger partial charge in [0.05, 0.1) is 31.8 Å². The molecule has 2 fully saturated rings. The van der Waals surface area contributed by atoms with E-state index >= 15 is 0 Å². The minimum atomic E-state index is -0.145. The van der Waals surface area contributed by atoms with Crippen molar-refractivity contribution in [3.63, 3.8) is 0 Å². The molecule has 0 unspecified atom stereocenters. The smallest absolute Gasteiger partial charge is 0.307 e. The van der Waals surface area contributed by atoms with Crippen molar-refractivity contribution in [1.82, 2.24) is 5.32 Å². The van der Waals surface area contributed by atoms with Crippen molar-refractivity contribution < 1.29 is 14.3 Å². The first-order valence-electron chi connectivity index (χ1n) is 6.75. The van der Waals surface area contributed by atoms with E-state index in [1.165, 1.54) is 32.1 Å². The molecule has 17 heavy (non-hydrogen) atoms. The van der Waals surface area contributed by atoms with Crippen LogP contribution in [0.5, 0.6) is 0 Å². The second-order valence-corrected chi connectivity index (χ2v) is 5.23. The zero-order valence-corrected chi connectivity index (χ0v) is 10.7. The predicted octanol–water partition coefficient (Wildman–Crippen LogP) is 1.63. The van der Waals surface area contributed by atoms with Crippen LogP contribution in [0.2, 0.25) is 0 Å². The Kier molecular flexibility index (Phi) is 4.40. The first-order valence-corrected chi connectivity index (χ1v) is 6.75. The van der Waals surface area contributed by atoms with Crippen molar-refractivity contribution in [2.45, 2.75) is 57.0 Å². The van der Waals surface area contributed by atoms with Crippen LogP contribution in [0, 0.1) is 0 Å². The van der Waals surface area contributed by atoms with Crippen LogP contribution in [0.4, 0.5) is 0 Å². The van der Waals surface area contributed by atoms with Gasteiger partial charge in [0.25, 0.3) is 0 Å². The fourth-order valence-corrected chi connectivity index (χ4v) is 2.75. The third kappa shape index (κ3) is 3.42. The number of esters is 1. The summed E-state index contributed by atoms with van der Waals surface area (Å²) in [6.45, 7) is 3.58. The van der Waals surface area contributed by atoms with Gasteiger partial charge in [-0.25, -0.2) is 0 Å². The number of rotatable bonds is 5. The SMILES string of the molecule is CCOC(=O)CC1(NC2CCCCC2)COC1. The number of ether oxygens (including phenoxy) is 2. The fourth-order valence-electron chi connectivity index (χ4n) is 2.75. The average molecular weight is 241 g/mol. The molecule has 1 N–H and O–H groups in total. The van der Waals surface area contributed by atoms with Crippen LogP contribution < -0.4 is 5.32 Å². The average Bonchev–Trinajstić information content (AvgIpc) is 2.28. The van der Waals surface area contributed by atoms with Gasteiger partial charge < -0.3 is 14.8 Å². The lowest BCUT2D eigenvalue weighted by Gasteiger charge is -2.44. The van der Waals surface area contributed by atoms with Gasteiger partial charge >= 0.3 is 5.97 Å². The maximum absolute atomic E-state index is 11.6. The summed E-state index contributed by atoms with van der Waals surface area (Å²) in [5.41, 5.74) is -0.145. The number of hydrogen-bond acceptors (Lipinski definition) is 4. The second-order valence-electron chi connectivity index (χ2n) is 5.23. The van der Waals surface area contributed by atoms with Crippen LogP contribution in [0.25, 0.3) is 0 Å². The Bertz CT molecular complexity index is 257. The normalized spacial score (nSPS) is 24.1. The Morgan fingerprint density at radius 3 is 2.59 bits per heavy atom. The Morgan fingerprint density at radius 1 is 1.35 bits per heavy atom. The standard InChI is InChI=1S/C13H23NO3/c1-2-17-12(15)8-13(9-16-10-13)14-11-6-4-3-5-7-11/h11,14H,2-10H2,1H3. The van der Waals surface area contributed by atoms with Gasteiger partial charge in [0.1, 0.15) is 0 Å². The third-order valence-corrected chi connectivity index (χ3v) is 3.66. The van der Waals surface area contributed by atoms with Gasteiger partial charge in [0, 0.05) is 6.04 Å². The molecule has 0 amide bonds. The van der Waals surface area contributed by atoms with Crippen molar-refractivity contribution in [3.05, 3.63) is 0 Å². The Morgan fingerprint density at radius 2 is 2.06 bits per heavy atom. The first kappa shape index (κ1) is 12.8. The third-order valence-electron chi connectivity index (χ3n) is 3.66. The summed E-state index contributed by atoms with van der Waals surface area (Å²) in [5, 5.41) is 3.63. The van der Waals surface area contributed by atoms with Crippen LogP contribution in [-0.2, 0) is 14.3 Å². The van der Waals surface area contributed by atoms with E-state index in [1.807, 2.05) is 6.92 Å². The molecule has 4 nitrogen and oxygen atoms in total. The molecule has 0 aromatic rings. The Balaban J connectivity index is 1.83. The van der Waals surface area contributed by atoms with Crippen molar-refractivity contribution in [2.75, 3.05) is 19.8 Å². The summed E-state index contributed by atoms with van der Waals surface area (Å²) in [6.07, 6.45) is 6.84. The zero-order chi connectivity index (χ0) is 12.1. The predicted molar refractivity (Wildman–Crippen MR) is 64.8 cm³/mol. The van der Waals surface area contributed by atoms with Gasteiger partial charge in [-0.3, -0.25) is 4.79 Å². The summed E-state index contributed by atoms with van der Waals surface area (Å²) in [5.74, 6) is -0.112. The number of carbonyl (C=O) groups is 1. The number of hydrogen-bond donors (Lipinski definition) is 1. The molecule has 1 saturated carbocycles. The molecular weight excluding hydrogens is 218 g/mol. The van der Waals surface area contributed by atoms with Gasteiger partial charge in [-0.05, 0) is 19.8 Å². The van der Waals surface area contributed by atoms with Crippen LogP contribution in [-0.4, -0.2) is 37.4 Å². The van der Waals surface area contributed by atoms with E-state index < -0.39 is 0 Å². The summed E-state index contributed by atoms with van der Waals surface area (Å²) in [7, 11) is 0. The van der Waals surface area contributed by atoms with E-state index in [9.17, 15) is 4.79 Å². The topological polar surface area (TPSA) is 47.6 Å². The Labute approximate surface area is 103 Å². The van der Waals surface area contributed by atoms with Crippen LogP contribution in [0.1, 0.15) is 45.4 Å². The Hall–Kier alpha value is -0.610. The molecule has 2 rings (SSSR count). The summed E-state index contributed by atoms with van der Waals surface area (Å²) in [4.78, 5) is 11.6. The molecule has 4 heteroatoms. The van der Waals surface area contributed by atoms with Crippen molar-refractivity contribution in [2.24, 2.45) is 0 Å². The minimum Gasteiger partial charge on any atom is -0.466 e. The van der Waals surface area contributed by atoms with E-state index in [-0.39, 0.29) is 11.5 Å². The summed E-state index contributed by atoms with van der Waals surface area (Å²) in [6, 6.07) is 0.557. The molecule has 0 aromatic carbocycles. The van der Waals surface area contributed by atoms with Crippen LogP contribution in [0.15, 0.2) is 0 Å². The number of nitrogens with one attached hydrogen (secondary N) is 1. The molecule has 2 aliphatic rings. The van der Waals surface area contributed by atoms with Crippen molar-refractivity contribution in [1.29, 1.82) is 0 Å². The molecule has 1 aliphatic carbocycles. The van der Waals surface area contributed by atoms with Crippen LogP contribution >= 0.6 is 0 Å². The lowest BCUT2D eigenvalue weighted by Crippen LogP contribution is -2.64. The molecular formula is C13H23NO3. The van der Waals surface area contributed by atoms with E-state index in [4.69, 9.17) is 9.47 Å². The molecule has 0 spiro atoms. The van der Waals surface area contributed by atoms with E-state index in [2.05, 4.69) is 5.32 Å². The quantitative estimate of drug-likeness (QED) is 0.743. The molecule has 0 atom stereocenters. The molecule has 1 saturated heterocycles. The summed E-state index contributed by atoms with van der Waals surface area (Å²) < 4.78 is 10.3. The first-order chi connectivity index (χ1) is 8.24. The molecule has 0 aromatic heterocycles.